The molecule has 1 amide bonds. The summed E-state index contributed by atoms with van der Waals surface area (Å²) >= 11 is 7.68. The summed E-state index contributed by atoms with van der Waals surface area (Å²) in [6.07, 6.45) is 2.40. The summed E-state index contributed by atoms with van der Waals surface area (Å²) in [4.78, 5) is 11.9. The second-order valence-corrected chi connectivity index (χ2v) is 7.24. The lowest BCUT2D eigenvalue weighted by molar-refractivity contribution is -0.120. The normalized spacial score (nSPS) is 10.6. The highest BCUT2D eigenvalue weighted by Crippen LogP contribution is 2.15. The van der Waals surface area contributed by atoms with Crippen molar-refractivity contribution in [1.82, 2.24) is 5.32 Å². The monoisotopic (exact) mass is 361 g/mol. The fourth-order valence-corrected chi connectivity index (χ4v) is 3.27. The Morgan fingerprint density at radius 2 is 1.62 bits per heavy atom. The van der Waals surface area contributed by atoms with Crippen molar-refractivity contribution in [2.75, 3.05) is 12.3 Å². The number of aryl methyl sites for hydroxylation is 2. The van der Waals surface area contributed by atoms with Crippen LogP contribution in [0.5, 0.6) is 0 Å². The van der Waals surface area contributed by atoms with Gasteiger partial charge >= 0.3 is 0 Å². The van der Waals surface area contributed by atoms with E-state index in [1.54, 1.807) is 0 Å². The van der Waals surface area contributed by atoms with Crippen molar-refractivity contribution in [2.45, 2.75) is 31.9 Å². The third-order valence-corrected chi connectivity index (χ3v) is 5.10. The molecule has 0 saturated carbocycles. The van der Waals surface area contributed by atoms with Crippen LogP contribution in [0.1, 0.15) is 30.0 Å². The highest BCUT2D eigenvalue weighted by molar-refractivity contribution is 7.98. The number of carbonyl (C=O) groups excluding carboxylic acids is 1. The lowest BCUT2D eigenvalue weighted by atomic mass is 10.1. The Kier molecular flexibility index (Phi) is 8.20. The topological polar surface area (TPSA) is 29.1 Å². The molecule has 0 bridgehead atoms. The number of halogens is 1. The number of rotatable bonds is 9. The van der Waals surface area contributed by atoms with Crippen LogP contribution in [-0.2, 0) is 23.4 Å². The summed E-state index contributed by atoms with van der Waals surface area (Å²) in [7, 11) is 0. The molecule has 0 spiro atoms. The molecule has 0 aliphatic heterocycles. The van der Waals surface area contributed by atoms with Crippen molar-refractivity contribution in [3.8, 4) is 0 Å². The molecule has 0 aromatic heterocycles. The lowest BCUT2D eigenvalue weighted by Gasteiger charge is -2.06. The molecule has 2 nitrogen and oxygen atoms in total. The van der Waals surface area contributed by atoms with Crippen molar-refractivity contribution in [3.63, 3.8) is 0 Å². The van der Waals surface area contributed by atoms with E-state index in [2.05, 4.69) is 36.5 Å². The maximum Gasteiger partial charge on any atom is 0.220 e. The van der Waals surface area contributed by atoms with Crippen molar-refractivity contribution < 1.29 is 4.79 Å². The molecule has 0 aliphatic rings. The van der Waals surface area contributed by atoms with Gasteiger partial charge in [-0.15, -0.1) is 0 Å². The van der Waals surface area contributed by atoms with Crippen LogP contribution in [-0.4, -0.2) is 18.2 Å². The van der Waals surface area contributed by atoms with Crippen molar-refractivity contribution in [1.29, 1.82) is 0 Å². The summed E-state index contributed by atoms with van der Waals surface area (Å²) < 4.78 is 0. The van der Waals surface area contributed by atoms with Crippen molar-refractivity contribution >= 4 is 29.3 Å². The third-order valence-electron chi connectivity index (χ3n) is 3.82. The Labute approximate surface area is 154 Å². The summed E-state index contributed by atoms with van der Waals surface area (Å²) in [5.41, 5.74) is 3.81. The zero-order valence-electron chi connectivity index (χ0n) is 14.1. The molecule has 4 heteroatoms. The van der Waals surface area contributed by atoms with E-state index < -0.39 is 0 Å². The zero-order chi connectivity index (χ0) is 17.2. The molecule has 0 radical (unpaired) electrons. The van der Waals surface area contributed by atoms with Gasteiger partial charge in [0.05, 0.1) is 0 Å². The molecule has 0 atom stereocenters. The van der Waals surface area contributed by atoms with E-state index in [9.17, 15) is 4.79 Å². The van der Waals surface area contributed by atoms with Gasteiger partial charge in [-0.05, 0) is 41.7 Å². The number of amides is 1. The van der Waals surface area contributed by atoms with Crippen LogP contribution in [0.15, 0.2) is 48.5 Å². The van der Waals surface area contributed by atoms with E-state index in [1.807, 2.05) is 36.0 Å². The molecular formula is C20H24ClNOS. The van der Waals surface area contributed by atoms with Crippen LogP contribution in [0.2, 0.25) is 5.02 Å². The van der Waals surface area contributed by atoms with Gasteiger partial charge in [0.15, 0.2) is 0 Å². The largest absolute Gasteiger partial charge is 0.355 e. The summed E-state index contributed by atoms with van der Waals surface area (Å²) in [6, 6.07) is 16.4. The summed E-state index contributed by atoms with van der Waals surface area (Å²) in [5.74, 6) is 1.98. The standard InChI is InChI=1S/C20H24ClNOS/c1-2-16-3-5-17(6-4-16)9-12-20(23)22-13-14-24-15-18-7-10-19(21)11-8-18/h3-8,10-11H,2,9,12-15H2,1H3,(H,22,23). The van der Waals surface area contributed by atoms with Crippen LogP contribution in [0.25, 0.3) is 0 Å². The van der Waals surface area contributed by atoms with Crippen LogP contribution in [0, 0.1) is 0 Å². The molecule has 0 heterocycles. The Balaban J connectivity index is 1.56. The molecule has 0 fully saturated rings. The first-order valence-electron chi connectivity index (χ1n) is 8.34. The average Bonchev–Trinajstić information content (AvgIpc) is 2.61. The second kappa shape index (κ2) is 10.4. The Morgan fingerprint density at radius 3 is 2.29 bits per heavy atom. The number of carbonyl (C=O) groups is 1. The molecule has 128 valence electrons. The van der Waals surface area contributed by atoms with Crippen molar-refractivity contribution in [3.05, 3.63) is 70.2 Å². The molecule has 0 saturated heterocycles. The first-order valence-corrected chi connectivity index (χ1v) is 9.87. The van der Waals surface area contributed by atoms with Crippen LogP contribution in [0.4, 0.5) is 0 Å². The van der Waals surface area contributed by atoms with Gasteiger partial charge in [-0.2, -0.15) is 11.8 Å². The van der Waals surface area contributed by atoms with E-state index in [4.69, 9.17) is 11.6 Å². The first-order chi connectivity index (χ1) is 11.7. The highest BCUT2D eigenvalue weighted by atomic mass is 35.5. The van der Waals surface area contributed by atoms with Gasteiger partial charge < -0.3 is 5.32 Å². The Bertz CT molecular complexity index is 625. The van der Waals surface area contributed by atoms with Gasteiger partial charge in [0.2, 0.25) is 5.91 Å². The van der Waals surface area contributed by atoms with Gasteiger partial charge in [-0.25, -0.2) is 0 Å². The fourth-order valence-electron chi connectivity index (χ4n) is 2.32. The number of hydrogen-bond donors (Lipinski definition) is 1. The molecule has 0 aliphatic carbocycles. The van der Waals surface area contributed by atoms with Gasteiger partial charge in [-0.1, -0.05) is 54.9 Å². The third kappa shape index (κ3) is 6.98. The van der Waals surface area contributed by atoms with E-state index in [0.717, 1.165) is 29.4 Å². The minimum absolute atomic E-state index is 0.127. The smallest absolute Gasteiger partial charge is 0.220 e. The van der Waals surface area contributed by atoms with Gasteiger partial charge in [0, 0.05) is 29.5 Å². The zero-order valence-corrected chi connectivity index (χ0v) is 15.6. The van der Waals surface area contributed by atoms with Crippen LogP contribution in [0.3, 0.4) is 0 Å². The number of thioether (sulfide) groups is 1. The SMILES string of the molecule is CCc1ccc(CCC(=O)NCCSCc2ccc(Cl)cc2)cc1. The highest BCUT2D eigenvalue weighted by Gasteiger charge is 2.02. The molecule has 24 heavy (non-hydrogen) atoms. The quantitative estimate of drug-likeness (QED) is 0.644. The number of benzene rings is 2. The Hall–Kier alpha value is -1.45. The summed E-state index contributed by atoms with van der Waals surface area (Å²) in [6.45, 7) is 2.86. The minimum Gasteiger partial charge on any atom is -0.355 e. The molecule has 2 rings (SSSR count). The van der Waals surface area contributed by atoms with Crippen molar-refractivity contribution in [2.24, 2.45) is 0 Å². The predicted octanol–water partition coefficient (Wildman–Crippen LogP) is 4.88. The number of nitrogens with one attached hydrogen (secondary N) is 1. The molecular weight excluding hydrogens is 338 g/mol. The maximum atomic E-state index is 11.9. The Morgan fingerprint density at radius 1 is 1.00 bits per heavy atom. The van der Waals surface area contributed by atoms with E-state index in [1.165, 1.54) is 16.7 Å². The maximum absolute atomic E-state index is 11.9. The van der Waals surface area contributed by atoms with E-state index in [0.29, 0.717) is 13.0 Å². The molecule has 0 unspecified atom stereocenters. The van der Waals surface area contributed by atoms with Crippen LogP contribution < -0.4 is 5.32 Å². The predicted molar refractivity (Wildman–Crippen MR) is 105 cm³/mol. The molecule has 2 aromatic rings. The van der Waals surface area contributed by atoms with E-state index in [-0.39, 0.29) is 5.91 Å². The lowest BCUT2D eigenvalue weighted by Crippen LogP contribution is -2.25. The molecule has 1 N–H and O–H groups in total. The first kappa shape index (κ1) is 18.9. The van der Waals surface area contributed by atoms with Gasteiger partial charge in [0.25, 0.3) is 0 Å². The van der Waals surface area contributed by atoms with E-state index >= 15 is 0 Å². The fraction of sp³-hybridized carbons (Fsp3) is 0.350. The minimum atomic E-state index is 0.127. The van der Waals surface area contributed by atoms with Crippen LogP contribution >= 0.6 is 23.4 Å². The van der Waals surface area contributed by atoms with Gasteiger partial charge in [-0.3, -0.25) is 4.79 Å². The molecule has 2 aromatic carbocycles. The number of hydrogen-bond acceptors (Lipinski definition) is 2. The van der Waals surface area contributed by atoms with Gasteiger partial charge in [0.1, 0.15) is 0 Å². The second-order valence-electron chi connectivity index (χ2n) is 5.70. The average molecular weight is 362 g/mol. The summed E-state index contributed by atoms with van der Waals surface area (Å²) in [5, 5.41) is 3.75.